The first-order valence-electron chi connectivity index (χ1n) is 11.3. The third-order valence-corrected chi connectivity index (χ3v) is 7.93. The minimum absolute atomic E-state index is 0.315. The van der Waals surface area contributed by atoms with Gasteiger partial charge in [-0.2, -0.15) is 0 Å². The zero-order valence-electron chi connectivity index (χ0n) is 19.6. The van der Waals surface area contributed by atoms with Crippen molar-refractivity contribution in [3.05, 3.63) is 96.6 Å². The summed E-state index contributed by atoms with van der Waals surface area (Å²) in [4.78, 5) is 0. The molecular formula is C30H33B. The third-order valence-electron chi connectivity index (χ3n) is 7.93. The highest BCUT2D eigenvalue weighted by Crippen LogP contribution is 2.61. The average molecular weight is 404 g/mol. The second kappa shape index (κ2) is 8.04. The van der Waals surface area contributed by atoms with Crippen LogP contribution in [-0.2, 0) is 0 Å². The Kier molecular flexibility index (Phi) is 5.56. The summed E-state index contributed by atoms with van der Waals surface area (Å²) >= 11 is 0. The summed E-state index contributed by atoms with van der Waals surface area (Å²) in [5.74, 6) is 0. The molecule has 1 aliphatic rings. The van der Waals surface area contributed by atoms with E-state index in [9.17, 15) is 0 Å². The lowest BCUT2D eigenvalue weighted by molar-refractivity contribution is 0.242. The van der Waals surface area contributed by atoms with E-state index in [4.69, 9.17) is 0 Å². The van der Waals surface area contributed by atoms with E-state index in [-0.39, 0.29) is 0 Å². The molecule has 3 aromatic carbocycles. The van der Waals surface area contributed by atoms with E-state index >= 15 is 0 Å². The predicted molar refractivity (Wildman–Crippen MR) is 139 cm³/mol. The van der Waals surface area contributed by atoms with Gasteiger partial charge in [-0.3, -0.25) is 0 Å². The van der Waals surface area contributed by atoms with E-state index in [0.29, 0.717) is 17.4 Å². The van der Waals surface area contributed by atoms with Crippen LogP contribution >= 0.6 is 0 Å². The first kappa shape index (κ1) is 21.4. The molecule has 0 radical (unpaired) electrons. The van der Waals surface area contributed by atoms with Crippen LogP contribution in [0.5, 0.6) is 0 Å². The average Bonchev–Trinajstić information content (AvgIpc) is 2.77. The minimum atomic E-state index is 0.315. The summed E-state index contributed by atoms with van der Waals surface area (Å²) in [5.41, 5.74) is 9.56. The van der Waals surface area contributed by atoms with Crippen molar-refractivity contribution in [1.29, 1.82) is 0 Å². The molecular weight excluding hydrogens is 371 g/mol. The first-order valence-corrected chi connectivity index (χ1v) is 11.3. The van der Waals surface area contributed by atoms with Gasteiger partial charge in [0.2, 0.25) is 0 Å². The molecule has 1 aliphatic heterocycles. The predicted octanol–water partition coefficient (Wildman–Crippen LogP) is 8.05. The van der Waals surface area contributed by atoms with Crippen molar-refractivity contribution in [2.75, 3.05) is 0 Å². The Bertz CT molecular complexity index is 1130. The molecule has 156 valence electrons. The summed E-state index contributed by atoms with van der Waals surface area (Å²) in [6, 6.07) is 24.4. The number of rotatable bonds is 5. The second-order valence-corrected chi connectivity index (χ2v) is 10.1. The molecule has 0 saturated carbocycles. The van der Waals surface area contributed by atoms with Crippen LogP contribution in [0.1, 0.15) is 38.8 Å². The maximum absolute atomic E-state index is 3.87. The summed E-state index contributed by atoms with van der Waals surface area (Å²) in [5, 5.41) is 0.315. The highest BCUT2D eigenvalue weighted by atomic mass is 14.4. The molecule has 3 aromatic rings. The Labute approximate surface area is 188 Å². The quantitative estimate of drug-likeness (QED) is 0.298. The SMILES string of the molecule is C=C/C=C\c1c(-c2ccccc2)ccc(-c2cccc(B3CC(C)(C)C3(C)C)c2)c1C. The first-order chi connectivity index (χ1) is 14.8. The standard InChI is InChI=1S/C30H33B/c1-7-8-17-27-22(2)26(18-19-28(27)23-13-10-9-11-14-23)24-15-12-16-25(20-24)31-21-29(3,4)30(31,5)6/h7-20H,1,21H2,2-6H3/b17-8-. The van der Waals surface area contributed by atoms with Crippen molar-refractivity contribution in [3.8, 4) is 22.3 Å². The van der Waals surface area contributed by atoms with Crippen molar-refractivity contribution >= 4 is 18.3 Å². The molecule has 1 heterocycles. The van der Waals surface area contributed by atoms with Crippen molar-refractivity contribution in [2.45, 2.75) is 46.3 Å². The van der Waals surface area contributed by atoms with E-state index in [1.807, 2.05) is 12.2 Å². The molecule has 1 fully saturated rings. The summed E-state index contributed by atoms with van der Waals surface area (Å²) in [6.45, 7) is 16.4. The van der Waals surface area contributed by atoms with Gasteiger partial charge < -0.3 is 0 Å². The normalized spacial score (nSPS) is 16.9. The molecule has 31 heavy (non-hydrogen) atoms. The number of allylic oxidation sites excluding steroid dienone is 2. The molecule has 1 saturated heterocycles. The Morgan fingerprint density at radius 1 is 0.839 bits per heavy atom. The van der Waals surface area contributed by atoms with E-state index in [1.165, 1.54) is 45.2 Å². The molecule has 0 amide bonds. The van der Waals surface area contributed by atoms with E-state index in [0.717, 1.165) is 0 Å². The van der Waals surface area contributed by atoms with Crippen molar-refractivity contribution in [1.82, 2.24) is 0 Å². The third kappa shape index (κ3) is 3.72. The fourth-order valence-corrected chi connectivity index (χ4v) is 5.12. The van der Waals surface area contributed by atoms with Gasteiger partial charge in [0.1, 0.15) is 0 Å². The minimum Gasteiger partial charge on any atom is -0.0991 e. The number of benzene rings is 3. The maximum atomic E-state index is 3.87. The monoisotopic (exact) mass is 404 g/mol. The summed E-state index contributed by atoms with van der Waals surface area (Å²) in [6.07, 6.45) is 7.33. The van der Waals surface area contributed by atoms with Crippen molar-refractivity contribution in [2.24, 2.45) is 5.41 Å². The number of hydrogen-bond donors (Lipinski definition) is 0. The molecule has 0 spiro atoms. The van der Waals surface area contributed by atoms with E-state index in [2.05, 4.69) is 114 Å². The van der Waals surface area contributed by atoms with Crippen LogP contribution < -0.4 is 5.46 Å². The number of hydrogen-bond acceptors (Lipinski definition) is 0. The van der Waals surface area contributed by atoms with Crippen LogP contribution in [0.3, 0.4) is 0 Å². The van der Waals surface area contributed by atoms with Crippen LogP contribution in [0.4, 0.5) is 0 Å². The van der Waals surface area contributed by atoms with Gasteiger partial charge in [0.25, 0.3) is 0 Å². The Morgan fingerprint density at radius 2 is 1.52 bits per heavy atom. The zero-order chi connectivity index (χ0) is 22.2. The molecule has 0 aliphatic carbocycles. The highest BCUT2D eigenvalue weighted by Gasteiger charge is 2.56. The van der Waals surface area contributed by atoms with Gasteiger partial charge in [0.15, 0.2) is 6.71 Å². The molecule has 0 N–H and O–H groups in total. The van der Waals surface area contributed by atoms with Gasteiger partial charge in [-0.25, -0.2) is 0 Å². The van der Waals surface area contributed by atoms with Crippen molar-refractivity contribution in [3.63, 3.8) is 0 Å². The molecule has 0 nitrogen and oxygen atoms in total. The smallest absolute Gasteiger partial charge is 0.0991 e. The Hall–Kier alpha value is -2.80. The highest BCUT2D eigenvalue weighted by molar-refractivity contribution is 6.79. The Balaban J connectivity index is 1.79. The van der Waals surface area contributed by atoms with Gasteiger partial charge in [-0.1, -0.05) is 131 Å². The van der Waals surface area contributed by atoms with Gasteiger partial charge in [-0.05, 0) is 51.0 Å². The molecule has 0 bridgehead atoms. The largest absolute Gasteiger partial charge is 0.182 e. The lowest BCUT2D eigenvalue weighted by atomic mass is 9.13. The zero-order valence-corrected chi connectivity index (χ0v) is 19.6. The lowest BCUT2D eigenvalue weighted by Gasteiger charge is -2.57. The van der Waals surface area contributed by atoms with Gasteiger partial charge in [-0.15, -0.1) is 0 Å². The van der Waals surface area contributed by atoms with Crippen LogP contribution in [0.15, 0.2) is 85.5 Å². The Morgan fingerprint density at radius 3 is 2.16 bits per heavy atom. The topological polar surface area (TPSA) is 0 Å². The lowest BCUT2D eigenvalue weighted by Crippen LogP contribution is -2.59. The van der Waals surface area contributed by atoms with E-state index < -0.39 is 0 Å². The van der Waals surface area contributed by atoms with Crippen molar-refractivity contribution < 1.29 is 0 Å². The van der Waals surface area contributed by atoms with Gasteiger partial charge >= 0.3 is 0 Å². The van der Waals surface area contributed by atoms with Gasteiger partial charge in [0, 0.05) is 0 Å². The fourth-order valence-electron chi connectivity index (χ4n) is 5.12. The fraction of sp³-hybridized carbons (Fsp3) is 0.267. The second-order valence-electron chi connectivity index (χ2n) is 10.1. The van der Waals surface area contributed by atoms with Gasteiger partial charge in [0.05, 0.1) is 0 Å². The molecule has 4 rings (SSSR count). The summed E-state index contributed by atoms with van der Waals surface area (Å²) < 4.78 is 0. The maximum Gasteiger partial charge on any atom is 0.182 e. The molecule has 0 atom stereocenters. The molecule has 1 heteroatoms. The van der Waals surface area contributed by atoms with Crippen LogP contribution in [0.2, 0.25) is 11.6 Å². The summed E-state index contributed by atoms with van der Waals surface area (Å²) in [7, 11) is 0. The van der Waals surface area contributed by atoms with Crippen LogP contribution in [0, 0.1) is 12.3 Å². The molecule has 0 aromatic heterocycles. The van der Waals surface area contributed by atoms with Crippen LogP contribution in [-0.4, -0.2) is 6.71 Å². The van der Waals surface area contributed by atoms with E-state index in [1.54, 1.807) is 0 Å². The van der Waals surface area contributed by atoms with Crippen LogP contribution in [0.25, 0.3) is 28.3 Å². The molecule has 0 unspecified atom stereocenters.